The van der Waals surface area contributed by atoms with Gasteiger partial charge in [-0.1, -0.05) is 27.7 Å². The topological polar surface area (TPSA) is 29.3 Å². The zero-order valence-electron chi connectivity index (χ0n) is 13.2. The summed E-state index contributed by atoms with van der Waals surface area (Å²) in [5, 5.41) is 0.861. The lowest BCUT2D eigenvalue weighted by Crippen LogP contribution is -2.51. The summed E-state index contributed by atoms with van der Waals surface area (Å²) in [6.45, 7) is 13.4. The van der Waals surface area contributed by atoms with E-state index in [9.17, 15) is 0 Å². The van der Waals surface area contributed by atoms with Gasteiger partial charge in [0.1, 0.15) is 0 Å². The summed E-state index contributed by atoms with van der Waals surface area (Å²) in [6.07, 6.45) is 3.85. The van der Waals surface area contributed by atoms with E-state index >= 15 is 0 Å². The maximum Gasteiger partial charge on any atom is 0.0172 e. The van der Waals surface area contributed by atoms with Gasteiger partial charge in [0.2, 0.25) is 0 Å². The van der Waals surface area contributed by atoms with Gasteiger partial charge in [0.15, 0.2) is 0 Å². The normalized spacial score (nSPS) is 40.3. The fourth-order valence-electron chi connectivity index (χ4n) is 3.77. The molecule has 0 aromatic carbocycles. The molecule has 0 aromatic heterocycles. The Balaban J connectivity index is 1.94. The molecule has 4 atom stereocenters. The van der Waals surface area contributed by atoms with Crippen molar-refractivity contribution >= 4 is 11.8 Å². The Hall–Kier alpha value is 0.270. The molecule has 2 N–H and O–H groups in total. The van der Waals surface area contributed by atoms with E-state index in [-0.39, 0.29) is 0 Å². The van der Waals surface area contributed by atoms with E-state index in [1.54, 1.807) is 0 Å². The first-order valence-electron chi connectivity index (χ1n) is 8.04. The molecule has 2 nitrogen and oxygen atoms in total. The Morgan fingerprint density at radius 3 is 2.74 bits per heavy atom. The van der Waals surface area contributed by atoms with Gasteiger partial charge in [-0.25, -0.2) is 0 Å². The molecule has 1 saturated heterocycles. The summed E-state index contributed by atoms with van der Waals surface area (Å²) < 4.78 is 0. The third-order valence-electron chi connectivity index (χ3n) is 5.87. The van der Waals surface area contributed by atoms with E-state index in [1.165, 1.54) is 44.6 Å². The zero-order chi connectivity index (χ0) is 14.0. The van der Waals surface area contributed by atoms with Crippen LogP contribution in [0.1, 0.15) is 47.0 Å². The van der Waals surface area contributed by atoms with Crippen molar-refractivity contribution < 1.29 is 0 Å². The summed E-state index contributed by atoms with van der Waals surface area (Å²) >= 11 is 2.17. The van der Waals surface area contributed by atoms with Crippen LogP contribution in [0.3, 0.4) is 0 Å². The lowest BCUT2D eigenvalue weighted by atomic mass is 9.61. The molecular weight excluding hydrogens is 252 g/mol. The van der Waals surface area contributed by atoms with Crippen molar-refractivity contribution in [2.45, 2.75) is 58.2 Å². The smallest absolute Gasteiger partial charge is 0.0172 e. The molecule has 4 unspecified atom stereocenters. The molecule has 112 valence electrons. The lowest BCUT2D eigenvalue weighted by molar-refractivity contribution is 0.0293. The van der Waals surface area contributed by atoms with Crippen LogP contribution in [0.4, 0.5) is 0 Å². The van der Waals surface area contributed by atoms with Crippen LogP contribution >= 0.6 is 11.8 Å². The Morgan fingerprint density at radius 2 is 2.05 bits per heavy atom. The third-order valence-corrected chi connectivity index (χ3v) is 7.25. The monoisotopic (exact) mass is 284 g/mol. The number of hydrogen-bond acceptors (Lipinski definition) is 3. The van der Waals surface area contributed by atoms with Crippen LogP contribution in [-0.2, 0) is 0 Å². The average molecular weight is 285 g/mol. The predicted molar refractivity (Wildman–Crippen MR) is 86.6 cm³/mol. The van der Waals surface area contributed by atoms with Crippen LogP contribution in [0.15, 0.2) is 0 Å². The highest BCUT2D eigenvalue weighted by atomic mass is 32.2. The summed E-state index contributed by atoms with van der Waals surface area (Å²) in [6, 6.07) is 0.409. The first-order valence-corrected chi connectivity index (χ1v) is 9.09. The molecule has 1 aliphatic heterocycles. The second-order valence-electron chi connectivity index (χ2n) is 7.21. The van der Waals surface area contributed by atoms with Gasteiger partial charge in [0, 0.05) is 36.7 Å². The van der Waals surface area contributed by atoms with Crippen LogP contribution < -0.4 is 5.73 Å². The Kier molecular flexibility index (Phi) is 5.24. The Bertz CT molecular complexity index is 292. The molecule has 0 radical (unpaired) electrons. The summed E-state index contributed by atoms with van der Waals surface area (Å²) in [5.74, 6) is 2.79. The maximum absolute atomic E-state index is 6.28. The summed E-state index contributed by atoms with van der Waals surface area (Å²) in [4.78, 5) is 2.72. The number of nitrogens with zero attached hydrogens (tertiary/aromatic N) is 1. The molecule has 0 bridgehead atoms. The molecule has 3 heteroatoms. The Labute approximate surface area is 123 Å². The molecule has 2 aliphatic rings. The number of nitrogens with two attached hydrogens (primary N) is 1. The van der Waals surface area contributed by atoms with Crippen LogP contribution in [0, 0.1) is 17.3 Å². The van der Waals surface area contributed by atoms with Crippen LogP contribution in [-0.4, -0.2) is 41.6 Å². The zero-order valence-corrected chi connectivity index (χ0v) is 14.0. The highest BCUT2D eigenvalue weighted by Gasteiger charge is 2.42. The Morgan fingerprint density at radius 1 is 1.32 bits per heavy atom. The van der Waals surface area contributed by atoms with Crippen molar-refractivity contribution in [1.82, 2.24) is 4.90 Å². The molecule has 19 heavy (non-hydrogen) atoms. The average Bonchev–Trinajstić information content (AvgIpc) is 2.40. The summed E-state index contributed by atoms with van der Waals surface area (Å²) in [7, 11) is 0. The van der Waals surface area contributed by atoms with Crippen LogP contribution in [0.5, 0.6) is 0 Å². The van der Waals surface area contributed by atoms with E-state index < -0.39 is 0 Å². The van der Waals surface area contributed by atoms with Gasteiger partial charge in [0.25, 0.3) is 0 Å². The molecule has 0 aromatic rings. The first-order chi connectivity index (χ1) is 8.95. The van der Waals surface area contributed by atoms with Crippen molar-refractivity contribution in [3.05, 3.63) is 0 Å². The van der Waals surface area contributed by atoms with Crippen molar-refractivity contribution in [2.75, 3.05) is 25.4 Å². The highest BCUT2D eigenvalue weighted by molar-refractivity contribution is 8.00. The highest BCUT2D eigenvalue weighted by Crippen LogP contribution is 2.44. The van der Waals surface area contributed by atoms with Crippen molar-refractivity contribution in [3.8, 4) is 0 Å². The van der Waals surface area contributed by atoms with Gasteiger partial charge in [-0.2, -0.15) is 11.8 Å². The van der Waals surface area contributed by atoms with Crippen molar-refractivity contribution in [2.24, 2.45) is 23.0 Å². The van der Waals surface area contributed by atoms with Crippen molar-refractivity contribution in [1.29, 1.82) is 0 Å². The molecule has 0 spiro atoms. The fourth-order valence-corrected chi connectivity index (χ4v) is 5.02. The van der Waals surface area contributed by atoms with Gasteiger partial charge in [-0.15, -0.1) is 0 Å². The molecule has 1 aliphatic carbocycles. The maximum atomic E-state index is 6.28. The number of hydrogen-bond donors (Lipinski definition) is 1. The number of thioether (sulfide) groups is 1. The quantitative estimate of drug-likeness (QED) is 0.863. The standard InChI is InChI=1S/C16H32N2S/c1-5-14-11-18(8-9-19-14)10-13-6-7-15(17)12(2)16(13,3)4/h12-15H,5-11,17H2,1-4H3. The minimum atomic E-state index is 0.393. The van der Waals surface area contributed by atoms with Crippen LogP contribution in [0.2, 0.25) is 0 Å². The molecule has 1 heterocycles. The third kappa shape index (κ3) is 3.48. The molecule has 2 rings (SSSR count). The second kappa shape index (κ2) is 6.36. The van der Waals surface area contributed by atoms with Gasteiger partial charge < -0.3 is 10.6 Å². The lowest BCUT2D eigenvalue weighted by Gasteiger charge is -2.49. The SMILES string of the molecule is CCC1CN(CC2CCC(N)C(C)C2(C)C)CCS1. The second-order valence-corrected chi connectivity index (χ2v) is 8.62. The minimum absolute atomic E-state index is 0.393. The van der Waals surface area contributed by atoms with Gasteiger partial charge in [0.05, 0.1) is 0 Å². The fraction of sp³-hybridized carbons (Fsp3) is 1.00. The largest absolute Gasteiger partial charge is 0.327 e. The predicted octanol–water partition coefficient (Wildman–Crippen LogP) is 3.21. The molecular formula is C16H32N2S. The van der Waals surface area contributed by atoms with E-state index in [2.05, 4.69) is 44.4 Å². The molecule has 0 amide bonds. The van der Waals surface area contributed by atoms with Crippen LogP contribution in [0.25, 0.3) is 0 Å². The van der Waals surface area contributed by atoms with E-state index in [0.29, 0.717) is 17.4 Å². The number of rotatable bonds is 3. The summed E-state index contributed by atoms with van der Waals surface area (Å²) in [5.41, 5.74) is 6.67. The van der Waals surface area contributed by atoms with Crippen molar-refractivity contribution in [3.63, 3.8) is 0 Å². The molecule has 2 fully saturated rings. The van der Waals surface area contributed by atoms with Gasteiger partial charge in [-0.3, -0.25) is 0 Å². The van der Waals surface area contributed by atoms with Gasteiger partial charge >= 0.3 is 0 Å². The first kappa shape index (κ1) is 15.7. The minimum Gasteiger partial charge on any atom is -0.327 e. The van der Waals surface area contributed by atoms with E-state index in [1.807, 2.05) is 0 Å². The van der Waals surface area contributed by atoms with E-state index in [0.717, 1.165) is 11.2 Å². The van der Waals surface area contributed by atoms with E-state index in [4.69, 9.17) is 5.73 Å². The molecule has 1 saturated carbocycles. The van der Waals surface area contributed by atoms with Gasteiger partial charge in [-0.05, 0) is 36.5 Å².